The highest BCUT2D eigenvalue weighted by molar-refractivity contribution is 9.10. The second-order valence-electron chi connectivity index (χ2n) is 3.38. The highest BCUT2D eigenvalue weighted by Gasteiger charge is 2.08. The van der Waals surface area contributed by atoms with Crippen molar-refractivity contribution in [2.45, 2.75) is 6.54 Å². The van der Waals surface area contributed by atoms with E-state index in [1.54, 1.807) is 6.07 Å². The first-order chi connectivity index (χ1) is 7.77. The summed E-state index contributed by atoms with van der Waals surface area (Å²) < 4.78 is 0.807. The van der Waals surface area contributed by atoms with Crippen LogP contribution in [0.4, 0.5) is 0 Å². The van der Waals surface area contributed by atoms with Crippen LogP contribution in [-0.2, 0) is 6.54 Å². The van der Waals surface area contributed by atoms with Crippen molar-refractivity contribution in [1.82, 2.24) is 10.3 Å². The van der Waals surface area contributed by atoms with E-state index >= 15 is 0 Å². The summed E-state index contributed by atoms with van der Waals surface area (Å²) in [5.41, 5.74) is 1.71. The molecule has 0 aliphatic carbocycles. The van der Waals surface area contributed by atoms with Crippen LogP contribution in [0.5, 0.6) is 0 Å². The van der Waals surface area contributed by atoms with Gasteiger partial charge in [-0.15, -0.1) is 0 Å². The molecule has 4 heteroatoms. The van der Waals surface area contributed by atoms with E-state index in [0.717, 1.165) is 10.0 Å². The molecular weight excluding hydrogens is 268 g/mol. The van der Waals surface area contributed by atoms with Crippen molar-refractivity contribution >= 4 is 21.8 Å². The number of benzene rings is 1. The normalized spacial score (nSPS) is 10.1. The first-order valence-electron chi connectivity index (χ1n) is 4.92. The van der Waals surface area contributed by atoms with Crippen LogP contribution in [0.15, 0.2) is 47.2 Å². The molecule has 1 amide bonds. The van der Waals surface area contributed by atoms with Crippen LogP contribution in [0.1, 0.15) is 15.9 Å². The largest absolute Gasteiger partial charge is 0.367 e. The predicted molar refractivity (Wildman–Crippen MR) is 66.1 cm³/mol. The molecule has 82 valence electrons. The molecule has 0 aliphatic heterocycles. The summed E-state index contributed by atoms with van der Waals surface area (Å²) in [7, 11) is 0. The maximum Gasteiger partial charge on any atom is 0.252 e. The molecule has 2 N–H and O–H groups in total. The van der Waals surface area contributed by atoms with E-state index in [9.17, 15) is 4.79 Å². The standard InChI is InChI=1S/C12H11BrN2O/c13-11-4-2-1-3-10(11)12(16)15-8-9-5-6-14-7-9/h1-7,14H,8H2,(H,15,16). The summed E-state index contributed by atoms with van der Waals surface area (Å²) in [6, 6.07) is 9.30. The smallest absolute Gasteiger partial charge is 0.252 e. The molecule has 3 nitrogen and oxygen atoms in total. The van der Waals surface area contributed by atoms with Crippen molar-refractivity contribution in [3.63, 3.8) is 0 Å². The molecule has 1 aromatic heterocycles. The van der Waals surface area contributed by atoms with Crippen molar-refractivity contribution < 1.29 is 4.79 Å². The number of hydrogen-bond donors (Lipinski definition) is 2. The van der Waals surface area contributed by atoms with Gasteiger partial charge in [-0.1, -0.05) is 12.1 Å². The SMILES string of the molecule is O=C(NCc1cc[nH]c1)c1ccccc1Br. The van der Waals surface area contributed by atoms with Gasteiger partial charge in [-0.05, 0) is 39.7 Å². The van der Waals surface area contributed by atoms with Crippen LogP contribution in [0.3, 0.4) is 0 Å². The van der Waals surface area contributed by atoms with E-state index < -0.39 is 0 Å². The Hall–Kier alpha value is -1.55. The van der Waals surface area contributed by atoms with E-state index in [0.29, 0.717) is 12.1 Å². The average Bonchev–Trinajstić information content (AvgIpc) is 2.79. The monoisotopic (exact) mass is 278 g/mol. The molecule has 0 saturated carbocycles. The maximum atomic E-state index is 11.8. The van der Waals surface area contributed by atoms with Crippen LogP contribution in [0, 0.1) is 0 Å². The number of carbonyl (C=O) groups is 1. The number of H-pyrrole nitrogens is 1. The Kier molecular flexibility index (Phi) is 3.41. The Morgan fingerprint density at radius 2 is 2.12 bits per heavy atom. The second kappa shape index (κ2) is 4.99. The minimum Gasteiger partial charge on any atom is -0.367 e. The van der Waals surface area contributed by atoms with Gasteiger partial charge in [-0.25, -0.2) is 0 Å². The van der Waals surface area contributed by atoms with Crippen LogP contribution < -0.4 is 5.32 Å². The van der Waals surface area contributed by atoms with Crippen LogP contribution in [-0.4, -0.2) is 10.9 Å². The van der Waals surface area contributed by atoms with Crippen molar-refractivity contribution in [3.05, 3.63) is 58.3 Å². The fourth-order valence-corrected chi connectivity index (χ4v) is 1.86. The molecule has 1 aromatic carbocycles. The number of aromatic amines is 1. The molecule has 16 heavy (non-hydrogen) atoms. The predicted octanol–water partition coefficient (Wildman–Crippen LogP) is 2.71. The summed E-state index contributed by atoms with van der Waals surface area (Å²) in [5, 5.41) is 2.85. The summed E-state index contributed by atoms with van der Waals surface area (Å²) in [6.07, 6.45) is 3.69. The van der Waals surface area contributed by atoms with Gasteiger partial charge in [0.05, 0.1) is 5.56 Å². The maximum absolute atomic E-state index is 11.8. The lowest BCUT2D eigenvalue weighted by molar-refractivity contribution is 0.0950. The minimum absolute atomic E-state index is 0.0753. The summed E-state index contributed by atoms with van der Waals surface area (Å²) >= 11 is 3.35. The Balaban J connectivity index is 2.01. The first-order valence-corrected chi connectivity index (χ1v) is 5.71. The molecule has 0 spiro atoms. The zero-order chi connectivity index (χ0) is 11.4. The molecule has 2 aromatic rings. The minimum atomic E-state index is -0.0753. The number of amides is 1. The van der Waals surface area contributed by atoms with Crippen molar-refractivity contribution in [2.24, 2.45) is 0 Å². The zero-order valence-corrected chi connectivity index (χ0v) is 10.1. The van der Waals surface area contributed by atoms with Gasteiger partial charge in [0.2, 0.25) is 0 Å². The number of nitrogens with one attached hydrogen (secondary N) is 2. The van der Waals surface area contributed by atoms with Gasteiger partial charge in [0, 0.05) is 23.4 Å². The summed E-state index contributed by atoms with van der Waals surface area (Å²) in [6.45, 7) is 0.531. The average molecular weight is 279 g/mol. The molecule has 0 atom stereocenters. The number of carbonyl (C=O) groups excluding carboxylic acids is 1. The molecule has 0 unspecified atom stereocenters. The van der Waals surface area contributed by atoms with Gasteiger partial charge < -0.3 is 10.3 Å². The number of hydrogen-bond acceptors (Lipinski definition) is 1. The fraction of sp³-hybridized carbons (Fsp3) is 0.0833. The molecular formula is C12H11BrN2O. The molecule has 0 fully saturated rings. The van der Waals surface area contributed by atoms with E-state index in [2.05, 4.69) is 26.2 Å². The van der Waals surface area contributed by atoms with Gasteiger partial charge in [-0.2, -0.15) is 0 Å². The van der Waals surface area contributed by atoms with E-state index in [-0.39, 0.29) is 5.91 Å². The third-order valence-corrected chi connectivity index (χ3v) is 2.93. The Bertz CT molecular complexity index is 480. The van der Waals surface area contributed by atoms with Crippen molar-refractivity contribution in [1.29, 1.82) is 0 Å². The summed E-state index contributed by atoms with van der Waals surface area (Å²) in [5.74, 6) is -0.0753. The van der Waals surface area contributed by atoms with E-state index in [4.69, 9.17) is 0 Å². The van der Waals surface area contributed by atoms with Gasteiger partial charge >= 0.3 is 0 Å². The van der Waals surface area contributed by atoms with Crippen LogP contribution in [0.25, 0.3) is 0 Å². The number of rotatable bonds is 3. The fourth-order valence-electron chi connectivity index (χ4n) is 1.39. The molecule has 0 bridgehead atoms. The Morgan fingerprint density at radius 1 is 1.31 bits per heavy atom. The first kappa shape index (κ1) is 11.0. The molecule has 0 aliphatic rings. The van der Waals surface area contributed by atoms with Gasteiger partial charge in [-0.3, -0.25) is 4.79 Å². The Labute approximate surface area is 102 Å². The van der Waals surface area contributed by atoms with E-state index in [1.165, 1.54) is 0 Å². The third-order valence-electron chi connectivity index (χ3n) is 2.23. The molecule has 0 saturated heterocycles. The van der Waals surface area contributed by atoms with E-state index in [1.807, 2.05) is 36.7 Å². The second-order valence-corrected chi connectivity index (χ2v) is 4.24. The number of halogens is 1. The lowest BCUT2D eigenvalue weighted by Crippen LogP contribution is -2.22. The van der Waals surface area contributed by atoms with Crippen LogP contribution >= 0.6 is 15.9 Å². The third kappa shape index (κ3) is 2.52. The zero-order valence-electron chi connectivity index (χ0n) is 8.53. The summed E-state index contributed by atoms with van der Waals surface area (Å²) in [4.78, 5) is 14.8. The van der Waals surface area contributed by atoms with Crippen molar-refractivity contribution in [2.75, 3.05) is 0 Å². The molecule has 2 rings (SSSR count). The lowest BCUT2D eigenvalue weighted by Gasteiger charge is -2.05. The quantitative estimate of drug-likeness (QED) is 0.891. The van der Waals surface area contributed by atoms with Crippen LogP contribution in [0.2, 0.25) is 0 Å². The highest BCUT2D eigenvalue weighted by Crippen LogP contribution is 2.15. The highest BCUT2D eigenvalue weighted by atomic mass is 79.9. The van der Waals surface area contributed by atoms with Crippen molar-refractivity contribution in [3.8, 4) is 0 Å². The van der Waals surface area contributed by atoms with Gasteiger partial charge in [0.25, 0.3) is 5.91 Å². The van der Waals surface area contributed by atoms with Gasteiger partial charge in [0.1, 0.15) is 0 Å². The topological polar surface area (TPSA) is 44.9 Å². The molecule has 1 heterocycles. The lowest BCUT2D eigenvalue weighted by atomic mass is 10.2. The molecule has 0 radical (unpaired) electrons. The van der Waals surface area contributed by atoms with Gasteiger partial charge in [0.15, 0.2) is 0 Å². The Morgan fingerprint density at radius 3 is 2.81 bits per heavy atom. The number of aromatic nitrogens is 1.